The minimum atomic E-state index is -1.42. The summed E-state index contributed by atoms with van der Waals surface area (Å²) < 4.78 is 1.76. The number of aliphatic hydroxyl groups is 1. The summed E-state index contributed by atoms with van der Waals surface area (Å²) in [5.41, 5.74) is 1.39. The highest BCUT2D eigenvalue weighted by Crippen LogP contribution is 2.41. The van der Waals surface area contributed by atoms with Crippen molar-refractivity contribution in [2.45, 2.75) is 41.8 Å². The largest absolute Gasteiger partial charge is 0.479 e. The van der Waals surface area contributed by atoms with Crippen molar-refractivity contribution in [3.8, 4) is 0 Å². The minimum Gasteiger partial charge on any atom is -0.479 e. The van der Waals surface area contributed by atoms with Crippen LogP contribution in [0.1, 0.15) is 12.0 Å². The summed E-state index contributed by atoms with van der Waals surface area (Å²) >= 11 is 20.2. The van der Waals surface area contributed by atoms with E-state index in [9.17, 15) is 24.6 Å². The van der Waals surface area contributed by atoms with Crippen LogP contribution in [0.15, 0.2) is 52.8 Å². The Morgan fingerprint density at radius 3 is 2.54 bits per heavy atom. The van der Waals surface area contributed by atoms with E-state index in [-0.39, 0.29) is 28.3 Å². The van der Waals surface area contributed by atoms with Crippen LogP contribution in [0, 0.1) is 0 Å². The molecule has 1 fully saturated rings. The molecular formula is C24H23Cl2N4O6S3+. The number of carboxylic acids is 2. The van der Waals surface area contributed by atoms with Gasteiger partial charge in [-0.15, -0.1) is 23.5 Å². The van der Waals surface area contributed by atoms with E-state index in [0.29, 0.717) is 35.0 Å². The molecule has 0 aliphatic carbocycles. The number of hydrogen-bond acceptors (Lipinski definition) is 8. The monoisotopic (exact) mass is 629 g/mol. The third-order valence-corrected chi connectivity index (χ3v) is 9.06. The van der Waals surface area contributed by atoms with E-state index in [0.717, 1.165) is 10.5 Å². The topological polar surface area (TPSA) is 144 Å². The molecule has 2 aromatic rings. The first-order valence-electron chi connectivity index (χ1n) is 11.6. The number of aliphatic hydroxyl groups excluding tert-OH is 1. The van der Waals surface area contributed by atoms with Gasteiger partial charge >= 0.3 is 11.9 Å². The van der Waals surface area contributed by atoms with Crippen LogP contribution >= 0.6 is 58.9 Å². The number of thioether (sulfide) groups is 2. The third kappa shape index (κ3) is 7.21. The Morgan fingerprint density at radius 2 is 1.92 bits per heavy atom. The second-order valence-electron chi connectivity index (χ2n) is 8.71. The highest BCUT2D eigenvalue weighted by molar-refractivity contribution is 8.01. The molecule has 2 aliphatic heterocycles. The number of fused-ring (bicyclic) bond motifs is 1. The summed E-state index contributed by atoms with van der Waals surface area (Å²) in [7, 11) is 0. The van der Waals surface area contributed by atoms with Crippen molar-refractivity contribution in [3.05, 3.63) is 63.8 Å². The lowest BCUT2D eigenvalue weighted by molar-refractivity contribution is -0.698. The molecule has 0 radical (unpaired) electrons. The Kier molecular flexibility index (Phi) is 9.73. The van der Waals surface area contributed by atoms with Crippen LogP contribution in [0.5, 0.6) is 0 Å². The Hall–Kier alpha value is -2.42. The van der Waals surface area contributed by atoms with Gasteiger partial charge in [0.05, 0.1) is 4.99 Å². The number of carbonyl (C=O) groups is 3. The summed E-state index contributed by atoms with van der Waals surface area (Å²) in [4.78, 5) is 42.4. The summed E-state index contributed by atoms with van der Waals surface area (Å²) in [5, 5.41) is 31.3. The molecule has 0 spiro atoms. The molecule has 1 saturated heterocycles. The number of rotatable bonds is 11. The highest BCUT2D eigenvalue weighted by Gasteiger charge is 2.53. The van der Waals surface area contributed by atoms with Crippen LogP contribution < -0.4 is 9.88 Å². The molecule has 2 aromatic heterocycles. The van der Waals surface area contributed by atoms with Crippen LogP contribution in [-0.4, -0.2) is 77.1 Å². The third-order valence-electron chi connectivity index (χ3n) is 5.97. The van der Waals surface area contributed by atoms with Crippen LogP contribution in [0.2, 0.25) is 10.3 Å². The standard InChI is InChI=1S/C24H22Cl2N4O6S3/c25-16-7-12(8-17(26)27-16)9-18(37)28-19-21(32)30-20(24(35)36)13(11-39-22(19)30)10-38-14-1-4-29(5-2-14)6-3-15(31)23(33)34/h1-2,4-5,7-8,15,19,22,31H,3,6,9-11H2,(H2-,28,33,34,35,36,37)/p+1/t15-,19+,22+/m0/s1. The van der Waals surface area contributed by atoms with E-state index < -0.39 is 29.5 Å². The van der Waals surface area contributed by atoms with Gasteiger partial charge in [0.25, 0.3) is 5.91 Å². The van der Waals surface area contributed by atoms with E-state index in [2.05, 4.69) is 10.3 Å². The molecule has 0 saturated carbocycles. The number of amides is 1. The number of aryl methyl sites for hydroxylation is 1. The van der Waals surface area contributed by atoms with Crippen molar-refractivity contribution in [1.29, 1.82) is 0 Å². The van der Waals surface area contributed by atoms with Crippen molar-refractivity contribution in [2.24, 2.45) is 0 Å². The Morgan fingerprint density at radius 1 is 1.26 bits per heavy atom. The Labute approximate surface area is 247 Å². The molecule has 4 rings (SSSR count). The number of hydrogen-bond donors (Lipinski definition) is 4. The fraction of sp³-hybridized carbons (Fsp3) is 0.333. The van der Waals surface area contributed by atoms with Gasteiger partial charge in [0.15, 0.2) is 25.0 Å². The second-order valence-corrected chi connectivity index (χ2v) is 12.1. The van der Waals surface area contributed by atoms with Crippen molar-refractivity contribution >= 4 is 81.8 Å². The lowest BCUT2D eigenvalue weighted by atomic mass is 10.0. The van der Waals surface area contributed by atoms with Crippen LogP contribution in [0.3, 0.4) is 0 Å². The van der Waals surface area contributed by atoms with E-state index in [1.807, 2.05) is 12.1 Å². The van der Waals surface area contributed by atoms with E-state index in [1.165, 1.54) is 28.4 Å². The predicted octanol–water partition coefficient (Wildman–Crippen LogP) is 2.39. The van der Waals surface area contributed by atoms with Gasteiger partial charge in [0.2, 0.25) is 0 Å². The number of nitrogens with zero attached hydrogens (tertiary/aromatic N) is 3. The first-order valence-corrected chi connectivity index (χ1v) is 14.8. The normalized spacial score (nSPS) is 19.3. The molecule has 2 aliphatic rings. The lowest BCUT2D eigenvalue weighted by Crippen LogP contribution is -2.70. The molecule has 15 heteroatoms. The number of nitrogens with one attached hydrogen (secondary N) is 1. The molecule has 4 N–H and O–H groups in total. The number of thiocarbonyl (C=S) groups is 1. The van der Waals surface area contributed by atoms with Gasteiger partial charge in [-0.25, -0.2) is 19.1 Å². The first kappa shape index (κ1) is 29.6. The fourth-order valence-corrected chi connectivity index (χ4v) is 7.24. The van der Waals surface area contributed by atoms with Crippen LogP contribution in [-0.2, 0) is 27.3 Å². The number of carboxylic acid groups (broad SMARTS) is 2. The van der Waals surface area contributed by atoms with Crippen molar-refractivity contribution in [1.82, 2.24) is 15.2 Å². The zero-order chi connectivity index (χ0) is 28.3. The minimum absolute atomic E-state index is 0.00145. The average Bonchev–Trinajstić information content (AvgIpc) is 2.88. The molecule has 0 aromatic carbocycles. The highest BCUT2D eigenvalue weighted by atomic mass is 35.5. The maximum Gasteiger partial charge on any atom is 0.352 e. The van der Waals surface area contributed by atoms with Gasteiger partial charge in [0, 0.05) is 41.4 Å². The summed E-state index contributed by atoms with van der Waals surface area (Å²) in [6.45, 7) is 0.338. The molecule has 0 bridgehead atoms. The summed E-state index contributed by atoms with van der Waals surface area (Å²) in [5.74, 6) is -1.95. The molecule has 10 nitrogen and oxygen atoms in total. The number of aromatic nitrogens is 2. The molecule has 1 amide bonds. The molecule has 0 unspecified atom stereocenters. The molecule has 206 valence electrons. The number of pyridine rings is 2. The van der Waals surface area contributed by atoms with E-state index >= 15 is 0 Å². The molecule has 3 atom stereocenters. The number of carbonyl (C=O) groups excluding carboxylic acids is 1. The Balaban J connectivity index is 1.36. The zero-order valence-electron chi connectivity index (χ0n) is 20.1. The first-order chi connectivity index (χ1) is 18.5. The molecule has 39 heavy (non-hydrogen) atoms. The summed E-state index contributed by atoms with van der Waals surface area (Å²) in [6.07, 6.45) is 2.49. The van der Waals surface area contributed by atoms with Crippen LogP contribution in [0.4, 0.5) is 0 Å². The SMILES string of the molecule is O=C(O)C1=C(CSc2cc[n+](CC[C@H](O)C(=O)O)cc2)CS[C@@H]2[C@H](NC(=S)Cc3cc(Cl)nc(Cl)c3)C(=O)N12. The van der Waals surface area contributed by atoms with Crippen molar-refractivity contribution in [2.75, 3.05) is 11.5 Å². The lowest BCUT2D eigenvalue weighted by Gasteiger charge is -2.49. The molecule has 4 heterocycles. The zero-order valence-corrected chi connectivity index (χ0v) is 24.1. The van der Waals surface area contributed by atoms with Crippen LogP contribution in [0.25, 0.3) is 0 Å². The Bertz CT molecular complexity index is 1320. The second kappa shape index (κ2) is 12.8. The van der Waals surface area contributed by atoms with Crippen molar-refractivity contribution < 1.29 is 34.3 Å². The molecular weight excluding hydrogens is 607 g/mol. The summed E-state index contributed by atoms with van der Waals surface area (Å²) in [6, 6.07) is 6.30. The maximum atomic E-state index is 13.0. The average molecular weight is 631 g/mol. The number of aliphatic carboxylic acids is 2. The smallest absolute Gasteiger partial charge is 0.352 e. The quantitative estimate of drug-likeness (QED) is 0.0956. The van der Waals surface area contributed by atoms with Gasteiger partial charge in [-0.05, 0) is 23.3 Å². The van der Waals surface area contributed by atoms with Crippen molar-refractivity contribution in [3.63, 3.8) is 0 Å². The van der Waals surface area contributed by atoms with E-state index in [4.69, 9.17) is 40.5 Å². The van der Waals surface area contributed by atoms with Gasteiger partial charge in [-0.1, -0.05) is 35.4 Å². The predicted molar refractivity (Wildman–Crippen MR) is 151 cm³/mol. The fourth-order valence-electron chi connectivity index (χ4n) is 4.07. The van der Waals surface area contributed by atoms with Gasteiger partial charge in [-0.2, -0.15) is 0 Å². The van der Waals surface area contributed by atoms with Gasteiger partial charge in [-0.3, -0.25) is 9.69 Å². The van der Waals surface area contributed by atoms with E-state index in [1.54, 1.807) is 29.1 Å². The number of halogens is 2. The number of β-lactam (4-membered cyclic amide) rings is 1. The van der Waals surface area contributed by atoms with Gasteiger partial charge in [0.1, 0.15) is 27.4 Å². The van der Waals surface area contributed by atoms with Gasteiger partial charge < -0.3 is 20.6 Å². The maximum absolute atomic E-state index is 13.0.